The summed E-state index contributed by atoms with van der Waals surface area (Å²) in [6.07, 6.45) is 1.49. The van der Waals surface area contributed by atoms with Crippen molar-refractivity contribution >= 4 is 28.4 Å². The summed E-state index contributed by atoms with van der Waals surface area (Å²) in [7, 11) is 0. The van der Waals surface area contributed by atoms with Crippen molar-refractivity contribution in [3.63, 3.8) is 0 Å². The lowest BCUT2D eigenvalue weighted by molar-refractivity contribution is -0.0189. The van der Waals surface area contributed by atoms with Crippen LogP contribution in [0.2, 0.25) is 0 Å². The van der Waals surface area contributed by atoms with Crippen LogP contribution in [0.15, 0.2) is 36.5 Å². The lowest BCUT2D eigenvalue weighted by Crippen LogP contribution is -2.39. The highest BCUT2D eigenvalue weighted by Gasteiger charge is 2.40. The van der Waals surface area contributed by atoms with Crippen LogP contribution in [0.3, 0.4) is 0 Å². The first-order valence-corrected chi connectivity index (χ1v) is 12.0. The minimum absolute atomic E-state index is 0.0814. The molecule has 0 saturated heterocycles. The first-order chi connectivity index (χ1) is 16.6. The lowest BCUT2D eigenvalue weighted by atomic mass is 9.84. The summed E-state index contributed by atoms with van der Waals surface area (Å²) in [5, 5.41) is 4.88. The van der Waals surface area contributed by atoms with Crippen LogP contribution in [0, 0.1) is 5.92 Å². The van der Waals surface area contributed by atoms with Crippen LogP contribution in [0.1, 0.15) is 74.0 Å². The number of rotatable bonds is 7. The number of pyridine rings is 2. The van der Waals surface area contributed by atoms with Crippen molar-refractivity contribution in [1.29, 1.82) is 0 Å². The number of halogens is 2. The molecule has 6 nitrogen and oxygen atoms in total. The molecule has 1 saturated carbocycles. The van der Waals surface area contributed by atoms with Gasteiger partial charge in [0.05, 0.1) is 11.3 Å². The van der Waals surface area contributed by atoms with E-state index in [1.54, 1.807) is 24.4 Å². The summed E-state index contributed by atoms with van der Waals surface area (Å²) >= 11 is 0. The fraction of sp³-hybridized carbons (Fsp3) is 0.444. The summed E-state index contributed by atoms with van der Waals surface area (Å²) < 4.78 is 36.5. The molecule has 1 aliphatic carbocycles. The third kappa shape index (κ3) is 4.54. The van der Waals surface area contributed by atoms with Gasteiger partial charge in [-0.3, -0.25) is 0 Å². The van der Waals surface area contributed by atoms with E-state index >= 15 is 0 Å². The molecule has 2 atom stereocenters. The van der Waals surface area contributed by atoms with Crippen molar-refractivity contribution in [2.75, 3.05) is 11.9 Å². The molecule has 184 valence electrons. The zero-order valence-electron chi connectivity index (χ0n) is 20.3. The molecule has 8 heteroatoms. The molecule has 2 aliphatic rings. The Bertz CT molecular complexity index is 1290. The van der Waals surface area contributed by atoms with E-state index in [9.17, 15) is 13.6 Å². The first-order valence-electron chi connectivity index (χ1n) is 12.0. The third-order valence-corrected chi connectivity index (χ3v) is 7.29. The van der Waals surface area contributed by atoms with E-state index in [0.29, 0.717) is 45.9 Å². The number of ether oxygens (including phenoxy) is 2. The minimum atomic E-state index is -2.55. The van der Waals surface area contributed by atoms with Crippen molar-refractivity contribution in [1.82, 2.24) is 9.97 Å². The molecule has 35 heavy (non-hydrogen) atoms. The number of aromatic nitrogens is 2. The van der Waals surface area contributed by atoms with Gasteiger partial charge in [0.2, 0.25) is 0 Å². The van der Waals surface area contributed by atoms with E-state index in [-0.39, 0.29) is 11.9 Å². The van der Waals surface area contributed by atoms with Gasteiger partial charge in [-0.1, -0.05) is 19.9 Å². The Kier molecular flexibility index (Phi) is 5.85. The van der Waals surface area contributed by atoms with Crippen molar-refractivity contribution < 1.29 is 23.0 Å². The number of fused-ring (bicyclic) bond motifs is 2. The molecule has 0 spiro atoms. The van der Waals surface area contributed by atoms with Crippen LogP contribution in [0.4, 0.5) is 20.4 Å². The van der Waals surface area contributed by atoms with E-state index in [4.69, 9.17) is 14.5 Å². The molecule has 0 amide bonds. The molecule has 3 heterocycles. The summed E-state index contributed by atoms with van der Waals surface area (Å²) in [6.45, 7) is 7.28. The van der Waals surface area contributed by atoms with E-state index < -0.39 is 18.6 Å². The Hall–Kier alpha value is -3.29. The van der Waals surface area contributed by atoms with Gasteiger partial charge in [-0.2, -0.15) is 0 Å². The quantitative estimate of drug-likeness (QED) is 0.384. The standard InChI is InChI=1S/C27H29F2N3O3/c1-14(16-5-6-16)17-7-9-21(34-13-22(28)29)20-12-30-24(11-19(17)20)31-23-10-8-18-25(32-23)15(2)27(3,4)35-26(18)33/h7-12,14-16,22H,5-6,13H2,1-4H3,(H,30,31,32). The Balaban J connectivity index is 1.51. The van der Waals surface area contributed by atoms with E-state index in [2.05, 4.69) is 17.2 Å². The van der Waals surface area contributed by atoms with Crippen LogP contribution >= 0.6 is 0 Å². The average Bonchev–Trinajstić information content (AvgIpc) is 3.66. The van der Waals surface area contributed by atoms with Crippen LogP contribution < -0.4 is 10.1 Å². The normalized spacial score (nSPS) is 19.9. The first kappa shape index (κ1) is 23.5. The summed E-state index contributed by atoms with van der Waals surface area (Å²) in [4.78, 5) is 21.6. The molecule has 3 aromatic rings. The molecule has 1 aliphatic heterocycles. The van der Waals surface area contributed by atoms with Crippen LogP contribution in [0.25, 0.3) is 10.8 Å². The number of alkyl halides is 2. The third-order valence-electron chi connectivity index (χ3n) is 7.29. The predicted octanol–water partition coefficient (Wildman–Crippen LogP) is 6.58. The largest absolute Gasteiger partial charge is 0.487 e. The Labute approximate surface area is 203 Å². The van der Waals surface area contributed by atoms with Gasteiger partial charge < -0.3 is 14.8 Å². The number of hydrogen-bond donors (Lipinski definition) is 1. The fourth-order valence-corrected chi connectivity index (χ4v) is 4.72. The second-order valence-electron chi connectivity index (χ2n) is 10.1. The Morgan fingerprint density at radius 3 is 2.66 bits per heavy atom. The zero-order valence-corrected chi connectivity index (χ0v) is 20.3. The van der Waals surface area contributed by atoms with E-state index in [0.717, 1.165) is 10.9 Å². The molecular weight excluding hydrogens is 452 g/mol. The molecule has 1 fully saturated rings. The number of nitrogens with one attached hydrogen (secondary N) is 1. The molecule has 2 aromatic heterocycles. The number of benzene rings is 1. The molecule has 0 radical (unpaired) electrons. The monoisotopic (exact) mass is 481 g/mol. The second kappa shape index (κ2) is 8.73. The number of esters is 1. The number of hydrogen-bond acceptors (Lipinski definition) is 6. The Morgan fingerprint density at radius 2 is 1.94 bits per heavy atom. The van der Waals surface area contributed by atoms with Gasteiger partial charge in [0.15, 0.2) is 0 Å². The number of carbonyl (C=O) groups is 1. The van der Waals surface area contributed by atoms with Crippen LogP contribution in [-0.2, 0) is 4.74 Å². The van der Waals surface area contributed by atoms with E-state index in [1.807, 2.05) is 32.9 Å². The smallest absolute Gasteiger partial charge is 0.340 e. The maximum Gasteiger partial charge on any atom is 0.340 e. The lowest BCUT2D eigenvalue weighted by Gasteiger charge is -2.36. The van der Waals surface area contributed by atoms with Gasteiger partial charge in [-0.25, -0.2) is 23.5 Å². The van der Waals surface area contributed by atoms with Crippen molar-refractivity contribution in [2.24, 2.45) is 5.92 Å². The Morgan fingerprint density at radius 1 is 1.17 bits per heavy atom. The number of cyclic esters (lactones) is 1. The molecule has 1 N–H and O–H groups in total. The molecular formula is C27H29F2N3O3. The van der Waals surface area contributed by atoms with Crippen LogP contribution in [-0.4, -0.2) is 34.6 Å². The zero-order chi connectivity index (χ0) is 24.9. The number of nitrogens with zero attached hydrogens (tertiary/aromatic N) is 2. The molecule has 1 aromatic carbocycles. The van der Waals surface area contributed by atoms with Crippen molar-refractivity contribution in [3.8, 4) is 5.75 Å². The predicted molar refractivity (Wildman–Crippen MR) is 130 cm³/mol. The highest BCUT2D eigenvalue weighted by molar-refractivity contribution is 5.94. The number of carbonyl (C=O) groups excluding carboxylic acids is 1. The maximum atomic E-state index is 12.8. The van der Waals surface area contributed by atoms with Gasteiger partial charge in [0.25, 0.3) is 6.43 Å². The van der Waals surface area contributed by atoms with Gasteiger partial charge in [0.1, 0.15) is 29.6 Å². The van der Waals surface area contributed by atoms with Gasteiger partial charge in [-0.15, -0.1) is 0 Å². The van der Waals surface area contributed by atoms with Gasteiger partial charge >= 0.3 is 5.97 Å². The van der Waals surface area contributed by atoms with Gasteiger partial charge in [-0.05, 0) is 73.7 Å². The number of anilines is 2. The summed E-state index contributed by atoms with van der Waals surface area (Å²) in [5.41, 5.74) is 1.64. The SMILES string of the molecule is CC(c1ccc(OCC(F)F)c2cnc(Nc3ccc4c(n3)C(C)C(C)(C)OC4=O)cc12)C1CC1. The highest BCUT2D eigenvalue weighted by atomic mass is 19.3. The van der Waals surface area contributed by atoms with Gasteiger partial charge in [0, 0.05) is 17.5 Å². The highest BCUT2D eigenvalue weighted by Crippen LogP contribution is 2.45. The average molecular weight is 482 g/mol. The van der Waals surface area contributed by atoms with Crippen molar-refractivity contribution in [2.45, 2.75) is 64.4 Å². The minimum Gasteiger partial charge on any atom is -0.487 e. The maximum absolute atomic E-state index is 12.8. The second-order valence-corrected chi connectivity index (χ2v) is 10.1. The molecule has 5 rings (SSSR count). The fourth-order valence-electron chi connectivity index (χ4n) is 4.72. The summed E-state index contributed by atoms with van der Waals surface area (Å²) in [5.74, 6) is 2.05. The topological polar surface area (TPSA) is 73.3 Å². The molecule has 0 bridgehead atoms. The van der Waals surface area contributed by atoms with Crippen molar-refractivity contribution in [3.05, 3.63) is 53.3 Å². The van der Waals surface area contributed by atoms with E-state index in [1.165, 1.54) is 12.8 Å². The molecule has 2 unspecified atom stereocenters. The summed E-state index contributed by atoms with van der Waals surface area (Å²) in [6, 6.07) is 9.11. The van der Waals surface area contributed by atoms with Crippen LogP contribution in [0.5, 0.6) is 5.75 Å².